The minimum atomic E-state index is 0.979. The average Bonchev–Trinajstić information content (AvgIpc) is 2.57. The number of pyridine rings is 1. The summed E-state index contributed by atoms with van der Waals surface area (Å²) in [4.78, 5) is 4.25. The highest BCUT2D eigenvalue weighted by Gasteiger charge is 2.03. The molecule has 1 N–H and O–H groups in total. The van der Waals surface area contributed by atoms with Crippen LogP contribution >= 0.6 is 22.6 Å². The molecule has 0 unspecified atom stereocenters. The minimum Gasteiger partial charge on any atom is -0.285 e. The Morgan fingerprint density at radius 1 is 1.42 bits per heavy atom. The summed E-state index contributed by atoms with van der Waals surface area (Å²) in [5.74, 6) is 0. The van der Waals surface area contributed by atoms with Crippen LogP contribution in [0.5, 0.6) is 0 Å². The van der Waals surface area contributed by atoms with Gasteiger partial charge in [-0.15, -0.1) is 0 Å². The van der Waals surface area contributed by atoms with Crippen molar-refractivity contribution >= 4 is 22.6 Å². The lowest BCUT2D eigenvalue weighted by Crippen LogP contribution is -1.83. The van der Waals surface area contributed by atoms with Crippen molar-refractivity contribution in [3.63, 3.8) is 0 Å². The van der Waals surface area contributed by atoms with E-state index in [1.165, 1.54) is 0 Å². The van der Waals surface area contributed by atoms with Gasteiger partial charge in [-0.3, -0.25) is 10.1 Å². The standard InChI is InChI=1S/C8H6IN3/c9-7-2-1-3-10-8(7)6-4-11-12-5-6/h1-5H,(H,11,12). The van der Waals surface area contributed by atoms with E-state index in [0.717, 1.165) is 14.8 Å². The number of nitrogens with zero attached hydrogens (tertiary/aromatic N) is 2. The topological polar surface area (TPSA) is 41.6 Å². The number of aromatic nitrogens is 3. The Labute approximate surface area is 83.4 Å². The van der Waals surface area contributed by atoms with Gasteiger partial charge in [-0.2, -0.15) is 5.10 Å². The monoisotopic (exact) mass is 271 g/mol. The van der Waals surface area contributed by atoms with E-state index < -0.39 is 0 Å². The molecule has 12 heavy (non-hydrogen) atoms. The number of rotatable bonds is 1. The summed E-state index contributed by atoms with van der Waals surface area (Å²) in [6, 6.07) is 3.95. The maximum Gasteiger partial charge on any atom is 0.0866 e. The van der Waals surface area contributed by atoms with E-state index in [2.05, 4.69) is 37.8 Å². The van der Waals surface area contributed by atoms with E-state index in [4.69, 9.17) is 0 Å². The third-order valence-electron chi connectivity index (χ3n) is 1.53. The summed E-state index contributed by atoms with van der Waals surface area (Å²) in [7, 11) is 0. The summed E-state index contributed by atoms with van der Waals surface area (Å²) in [5.41, 5.74) is 2.01. The number of aromatic amines is 1. The molecule has 0 aliphatic rings. The molecule has 4 heteroatoms. The lowest BCUT2D eigenvalue weighted by molar-refractivity contribution is 1.09. The number of hydrogen-bond donors (Lipinski definition) is 1. The summed E-state index contributed by atoms with van der Waals surface area (Å²) in [6.07, 6.45) is 5.39. The zero-order valence-electron chi connectivity index (χ0n) is 6.16. The Balaban J connectivity index is 2.55. The fraction of sp³-hybridized carbons (Fsp3) is 0. The zero-order chi connectivity index (χ0) is 8.39. The van der Waals surface area contributed by atoms with Crippen LogP contribution in [0.25, 0.3) is 11.3 Å². The van der Waals surface area contributed by atoms with Gasteiger partial charge in [0.1, 0.15) is 0 Å². The van der Waals surface area contributed by atoms with Crippen molar-refractivity contribution < 1.29 is 0 Å². The Bertz CT molecular complexity index is 370. The predicted octanol–water partition coefficient (Wildman–Crippen LogP) is 2.08. The average molecular weight is 271 g/mol. The highest BCUT2D eigenvalue weighted by Crippen LogP contribution is 2.20. The smallest absolute Gasteiger partial charge is 0.0866 e. The lowest BCUT2D eigenvalue weighted by atomic mass is 10.2. The van der Waals surface area contributed by atoms with Crippen LogP contribution in [-0.2, 0) is 0 Å². The summed E-state index contributed by atoms with van der Waals surface area (Å²) in [6.45, 7) is 0. The van der Waals surface area contributed by atoms with Crippen LogP contribution in [0.1, 0.15) is 0 Å². The van der Waals surface area contributed by atoms with Crippen LogP contribution in [0, 0.1) is 3.57 Å². The maximum absolute atomic E-state index is 4.25. The van der Waals surface area contributed by atoms with E-state index in [9.17, 15) is 0 Å². The van der Waals surface area contributed by atoms with Gasteiger partial charge in [-0.25, -0.2) is 0 Å². The van der Waals surface area contributed by atoms with Crippen molar-refractivity contribution in [3.05, 3.63) is 34.3 Å². The Morgan fingerprint density at radius 3 is 3.00 bits per heavy atom. The van der Waals surface area contributed by atoms with Crippen LogP contribution in [0.4, 0.5) is 0 Å². The van der Waals surface area contributed by atoms with Crippen LogP contribution in [0.2, 0.25) is 0 Å². The third-order valence-corrected chi connectivity index (χ3v) is 2.40. The summed E-state index contributed by atoms with van der Waals surface area (Å²) < 4.78 is 1.14. The largest absolute Gasteiger partial charge is 0.285 e. The summed E-state index contributed by atoms with van der Waals surface area (Å²) >= 11 is 2.26. The summed E-state index contributed by atoms with van der Waals surface area (Å²) in [5, 5.41) is 6.63. The molecule has 2 heterocycles. The molecular formula is C8H6IN3. The van der Waals surface area contributed by atoms with Crippen LogP contribution in [0.3, 0.4) is 0 Å². The molecule has 0 amide bonds. The Kier molecular flexibility index (Phi) is 2.07. The van der Waals surface area contributed by atoms with Crippen molar-refractivity contribution in [2.24, 2.45) is 0 Å². The van der Waals surface area contributed by atoms with Crippen LogP contribution < -0.4 is 0 Å². The molecule has 0 spiro atoms. The number of nitrogens with one attached hydrogen (secondary N) is 1. The molecule has 2 rings (SSSR count). The van der Waals surface area contributed by atoms with E-state index >= 15 is 0 Å². The van der Waals surface area contributed by atoms with Crippen molar-refractivity contribution in [1.29, 1.82) is 0 Å². The van der Waals surface area contributed by atoms with Gasteiger partial charge in [-0.1, -0.05) is 0 Å². The fourth-order valence-electron chi connectivity index (χ4n) is 0.978. The van der Waals surface area contributed by atoms with Gasteiger partial charge in [0, 0.05) is 21.5 Å². The molecule has 3 nitrogen and oxygen atoms in total. The van der Waals surface area contributed by atoms with Gasteiger partial charge in [-0.05, 0) is 34.7 Å². The zero-order valence-corrected chi connectivity index (χ0v) is 8.32. The molecule has 0 aliphatic carbocycles. The number of halogens is 1. The molecule has 0 saturated carbocycles. The molecule has 0 fully saturated rings. The first-order valence-electron chi connectivity index (χ1n) is 3.47. The molecule has 0 bridgehead atoms. The SMILES string of the molecule is Ic1cccnc1-c1cn[nH]c1. The Hall–Kier alpha value is -0.910. The predicted molar refractivity (Wildman–Crippen MR) is 54.5 cm³/mol. The molecule has 0 saturated heterocycles. The third kappa shape index (κ3) is 1.34. The van der Waals surface area contributed by atoms with Crippen molar-refractivity contribution in [3.8, 4) is 11.3 Å². The van der Waals surface area contributed by atoms with Crippen LogP contribution in [-0.4, -0.2) is 15.2 Å². The fourth-order valence-corrected chi connectivity index (χ4v) is 1.64. The van der Waals surface area contributed by atoms with Crippen LogP contribution in [0.15, 0.2) is 30.7 Å². The molecule has 2 aromatic rings. The molecular weight excluding hydrogens is 265 g/mol. The molecule has 0 aliphatic heterocycles. The van der Waals surface area contributed by atoms with Crippen molar-refractivity contribution in [1.82, 2.24) is 15.2 Å². The van der Waals surface area contributed by atoms with E-state index in [0.29, 0.717) is 0 Å². The van der Waals surface area contributed by atoms with Crippen molar-refractivity contribution in [2.45, 2.75) is 0 Å². The van der Waals surface area contributed by atoms with E-state index in [1.54, 1.807) is 12.4 Å². The molecule has 0 radical (unpaired) electrons. The molecule has 2 aromatic heterocycles. The first-order valence-corrected chi connectivity index (χ1v) is 4.55. The van der Waals surface area contributed by atoms with E-state index in [1.807, 2.05) is 18.3 Å². The van der Waals surface area contributed by atoms with E-state index in [-0.39, 0.29) is 0 Å². The molecule has 0 aromatic carbocycles. The number of H-pyrrole nitrogens is 1. The second kappa shape index (κ2) is 3.22. The van der Waals surface area contributed by atoms with Gasteiger partial charge < -0.3 is 0 Å². The first-order chi connectivity index (χ1) is 5.88. The first kappa shape index (κ1) is 7.72. The second-order valence-corrected chi connectivity index (χ2v) is 3.48. The van der Waals surface area contributed by atoms with Gasteiger partial charge in [0.15, 0.2) is 0 Å². The minimum absolute atomic E-state index is 0.979. The molecule has 0 atom stereocenters. The normalized spacial score (nSPS) is 10.1. The lowest BCUT2D eigenvalue weighted by Gasteiger charge is -1.97. The highest BCUT2D eigenvalue weighted by atomic mass is 127. The van der Waals surface area contributed by atoms with Gasteiger partial charge >= 0.3 is 0 Å². The number of hydrogen-bond acceptors (Lipinski definition) is 2. The Morgan fingerprint density at radius 2 is 2.33 bits per heavy atom. The van der Waals surface area contributed by atoms with Gasteiger partial charge in [0.25, 0.3) is 0 Å². The van der Waals surface area contributed by atoms with Crippen molar-refractivity contribution in [2.75, 3.05) is 0 Å². The van der Waals surface area contributed by atoms with Gasteiger partial charge in [0.2, 0.25) is 0 Å². The van der Waals surface area contributed by atoms with Gasteiger partial charge in [0.05, 0.1) is 11.9 Å². The quantitative estimate of drug-likeness (QED) is 0.807. The maximum atomic E-state index is 4.25. The molecule has 60 valence electrons. The highest BCUT2D eigenvalue weighted by molar-refractivity contribution is 14.1. The second-order valence-electron chi connectivity index (χ2n) is 2.32.